The summed E-state index contributed by atoms with van der Waals surface area (Å²) in [4.78, 5) is 0. The van der Waals surface area contributed by atoms with Gasteiger partial charge in [0.25, 0.3) is 0 Å². The lowest BCUT2D eigenvalue weighted by molar-refractivity contribution is 0.239. The molecular formula is C18H29N. The maximum absolute atomic E-state index is 3.75. The Balaban J connectivity index is 1.67. The Bertz CT molecular complexity index is 375. The van der Waals surface area contributed by atoms with E-state index in [-0.39, 0.29) is 0 Å². The summed E-state index contributed by atoms with van der Waals surface area (Å²) in [6.07, 6.45) is 6.73. The van der Waals surface area contributed by atoms with Crippen LogP contribution in [-0.4, -0.2) is 12.6 Å². The van der Waals surface area contributed by atoms with Crippen LogP contribution in [0.3, 0.4) is 0 Å². The van der Waals surface area contributed by atoms with Gasteiger partial charge in [0, 0.05) is 6.04 Å². The lowest BCUT2D eigenvalue weighted by Gasteiger charge is -2.31. The third kappa shape index (κ3) is 4.65. The van der Waals surface area contributed by atoms with E-state index < -0.39 is 0 Å². The fraction of sp³-hybridized carbons (Fsp3) is 0.667. The molecule has 1 aromatic carbocycles. The van der Waals surface area contributed by atoms with Crippen LogP contribution in [0.1, 0.15) is 50.7 Å². The van der Waals surface area contributed by atoms with Gasteiger partial charge >= 0.3 is 0 Å². The molecule has 0 spiro atoms. The van der Waals surface area contributed by atoms with Gasteiger partial charge in [-0.3, -0.25) is 0 Å². The number of rotatable bonds is 5. The van der Waals surface area contributed by atoms with E-state index in [1.807, 2.05) is 0 Å². The molecule has 0 bridgehead atoms. The number of nitrogens with one attached hydrogen (secondary N) is 1. The van der Waals surface area contributed by atoms with Crippen LogP contribution in [-0.2, 0) is 6.42 Å². The molecule has 2 rings (SSSR count). The van der Waals surface area contributed by atoms with Crippen LogP contribution in [0.4, 0.5) is 0 Å². The molecule has 1 aliphatic rings. The minimum atomic E-state index is 0.764. The third-order valence-electron chi connectivity index (χ3n) is 4.64. The molecule has 19 heavy (non-hydrogen) atoms. The Hall–Kier alpha value is -0.820. The summed E-state index contributed by atoms with van der Waals surface area (Å²) in [5.41, 5.74) is 2.83. The van der Waals surface area contributed by atoms with Crippen molar-refractivity contribution in [2.75, 3.05) is 6.54 Å². The normalized spacial score (nSPS) is 23.8. The molecule has 0 radical (unpaired) electrons. The van der Waals surface area contributed by atoms with E-state index in [9.17, 15) is 0 Å². The molecule has 0 unspecified atom stereocenters. The van der Waals surface area contributed by atoms with Gasteiger partial charge in [-0.05, 0) is 63.0 Å². The molecule has 0 atom stereocenters. The average Bonchev–Trinajstić information content (AvgIpc) is 2.39. The van der Waals surface area contributed by atoms with Gasteiger partial charge in [0.05, 0.1) is 0 Å². The summed E-state index contributed by atoms with van der Waals surface area (Å²) < 4.78 is 0. The van der Waals surface area contributed by atoms with Crippen molar-refractivity contribution >= 4 is 0 Å². The molecule has 0 amide bonds. The first kappa shape index (κ1) is 14.6. The highest BCUT2D eigenvalue weighted by Gasteiger charge is 2.22. The minimum absolute atomic E-state index is 0.764. The monoisotopic (exact) mass is 259 g/mol. The van der Waals surface area contributed by atoms with E-state index in [2.05, 4.69) is 50.4 Å². The SMILES string of the molecule is Cc1cccc(CCNC2CCC(C(C)C)CC2)c1. The maximum Gasteiger partial charge on any atom is 0.00673 e. The van der Waals surface area contributed by atoms with E-state index in [0.717, 1.165) is 30.8 Å². The number of hydrogen-bond donors (Lipinski definition) is 1. The minimum Gasteiger partial charge on any atom is -0.314 e. The largest absolute Gasteiger partial charge is 0.314 e. The quantitative estimate of drug-likeness (QED) is 0.829. The van der Waals surface area contributed by atoms with E-state index in [1.165, 1.54) is 36.8 Å². The Morgan fingerprint density at radius 3 is 2.53 bits per heavy atom. The molecule has 1 fully saturated rings. The highest BCUT2D eigenvalue weighted by molar-refractivity contribution is 5.22. The van der Waals surface area contributed by atoms with Gasteiger partial charge in [0.2, 0.25) is 0 Å². The first-order valence-corrected chi connectivity index (χ1v) is 7.94. The van der Waals surface area contributed by atoms with Crippen LogP contribution in [0.25, 0.3) is 0 Å². The van der Waals surface area contributed by atoms with Gasteiger partial charge in [-0.15, -0.1) is 0 Å². The van der Waals surface area contributed by atoms with Crippen molar-refractivity contribution in [1.82, 2.24) is 5.32 Å². The highest BCUT2D eigenvalue weighted by Crippen LogP contribution is 2.29. The van der Waals surface area contributed by atoms with Crippen LogP contribution in [0.2, 0.25) is 0 Å². The Morgan fingerprint density at radius 2 is 1.89 bits per heavy atom. The van der Waals surface area contributed by atoms with Crippen molar-refractivity contribution in [3.8, 4) is 0 Å². The Morgan fingerprint density at radius 1 is 1.16 bits per heavy atom. The van der Waals surface area contributed by atoms with Gasteiger partial charge in [0.1, 0.15) is 0 Å². The predicted octanol–water partition coefficient (Wildman–Crippen LogP) is 4.34. The molecular weight excluding hydrogens is 230 g/mol. The highest BCUT2D eigenvalue weighted by atomic mass is 14.9. The lowest BCUT2D eigenvalue weighted by Crippen LogP contribution is -2.35. The molecule has 0 aromatic heterocycles. The van der Waals surface area contributed by atoms with Crippen molar-refractivity contribution in [3.05, 3.63) is 35.4 Å². The molecule has 0 saturated heterocycles. The van der Waals surface area contributed by atoms with Crippen molar-refractivity contribution in [2.45, 2.75) is 58.9 Å². The first-order valence-electron chi connectivity index (χ1n) is 7.94. The molecule has 106 valence electrons. The first-order chi connectivity index (χ1) is 9.15. The van der Waals surface area contributed by atoms with E-state index in [0.29, 0.717) is 0 Å². The molecule has 1 N–H and O–H groups in total. The van der Waals surface area contributed by atoms with Gasteiger partial charge in [-0.25, -0.2) is 0 Å². The zero-order valence-electron chi connectivity index (χ0n) is 12.8. The second-order valence-corrected chi connectivity index (χ2v) is 6.55. The van der Waals surface area contributed by atoms with Crippen molar-refractivity contribution in [2.24, 2.45) is 11.8 Å². The van der Waals surface area contributed by atoms with Gasteiger partial charge in [-0.2, -0.15) is 0 Å². The molecule has 0 heterocycles. The number of hydrogen-bond acceptors (Lipinski definition) is 1. The molecule has 0 aliphatic heterocycles. The van der Waals surface area contributed by atoms with Gasteiger partial charge in [0.15, 0.2) is 0 Å². The second kappa shape index (κ2) is 7.09. The summed E-state index contributed by atoms with van der Waals surface area (Å²) >= 11 is 0. The van der Waals surface area contributed by atoms with Crippen LogP contribution >= 0.6 is 0 Å². The molecule has 1 aromatic rings. The molecule has 1 aliphatic carbocycles. The summed E-state index contributed by atoms with van der Waals surface area (Å²) in [7, 11) is 0. The Kier molecular flexibility index (Phi) is 5.45. The van der Waals surface area contributed by atoms with Crippen LogP contribution in [0.15, 0.2) is 24.3 Å². The zero-order valence-corrected chi connectivity index (χ0v) is 12.8. The topological polar surface area (TPSA) is 12.0 Å². The number of aryl methyl sites for hydroxylation is 1. The summed E-state index contributed by atoms with van der Waals surface area (Å²) in [6, 6.07) is 9.64. The van der Waals surface area contributed by atoms with Gasteiger partial charge < -0.3 is 5.32 Å². The molecule has 1 saturated carbocycles. The standard InChI is InChI=1S/C18H29N/c1-14(2)17-7-9-18(10-8-17)19-12-11-16-6-4-5-15(3)13-16/h4-6,13-14,17-19H,7-12H2,1-3H3. The van der Waals surface area contributed by atoms with E-state index >= 15 is 0 Å². The number of benzene rings is 1. The second-order valence-electron chi connectivity index (χ2n) is 6.55. The molecule has 1 nitrogen and oxygen atoms in total. The van der Waals surface area contributed by atoms with Crippen LogP contribution in [0.5, 0.6) is 0 Å². The van der Waals surface area contributed by atoms with Crippen LogP contribution < -0.4 is 5.32 Å². The van der Waals surface area contributed by atoms with Crippen molar-refractivity contribution in [1.29, 1.82) is 0 Å². The average molecular weight is 259 g/mol. The van der Waals surface area contributed by atoms with Crippen molar-refractivity contribution in [3.63, 3.8) is 0 Å². The van der Waals surface area contributed by atoms with E-state index in [1.54, 1.807) is 0 Å². The third-order valence-corrected chi connectivity index (χ3v) is 4.64. The maximum atomic E-state index is 3.75. The zero-order chi connectivity index (χ0) is 13.7. The van der Waals surface area contributed by atoms with Crippen LogP contribution in [0, 0.1) is 18.8 Å². The summed E-state index contributed by atoms with van der Waals surface area (Å²) in [6.45, 7) is 8.04. The predicted molar refractivity (Wildman–Crippen MR) is 83.5 cm³/mol. The Labute approximate surface area is 118 Å². The van der Waals surface area contributed by atoms with E-state index in [4.69, 9.17) is 0 Å². The summed E-state index contributed by atoms with van der Waals surface area (Å²) in [5, 5.41) is 3.75. The lowest BCUT2D eigenvalue weighted by atomic mass is 9.80. The van der Waals surface area contributed by atoms with Crippen molar-refractivity contribution < 1.29 is 0 Å². The fourth-order valence-corrected chi connectivity index (χ4v) is 3.28. The van der Waals surface area contributed by atoms with Gasteiger partial charge in [-0.1, -0.05) is 43.7 Å². The molecule has 1 heteroatoms. The smallest absolute Gasteiger partial charge is 0.00673 e. The fourth-order valence-electron chi connectivity index (χ4n) is 3.28. The summed E-state index contributed by atoms with van der Waals surface area (Å²) in [5.74, 6) is 1.84.